The Morgan fingerprint density at radius 2 is 2.14 bits per heavy atom. The van der Waals surface area contributed by atoms with Crippen LogP contribution < -0.4 is 4.74 Å². The molecule has 0 aliphatic rings. The van der Waals surface area contributed by atoms with Crippen LogP contribution in [0.1, 0.15) is 15.9 Å². The fourth-order valence-corrected chi connectivity index (χ4v) is 2.18. The first-order valence-corrected chi connectivity index (χ1v) is 6.97. The highest BCUT2D eigenvalue weighted by Gasteiger charge is 2.15. The summed E-state index contributed by atoms with van der Waals surface area (Å²) in [5.74, 6) is -0.443. The van der Waals surface area contributed by atoms with Crippen molar-refractivity contribution in [2.45, 2.75) is 6.92 Å². The maximum atomic E-state index is 13.5. The van der Waals surface area contributed by atoms with E-state index >= 15 is 0 Å². The Kier molecular flexibility index (Phi) is 4.80. The van der Waals surface area contributed by atoms with E-state index in [4.69, 9.17) is 16.3 Å². The molecule has 0 saturated heterocycles. The predicted octanol–water partition coefficient (Wildman–Crippen LogP) is 4.52. The summed E-state index contributed by atoms with van der Waals surface area (Å²) in [6.45, 7) is 1.66. The van der Waals surface area contributed by atoms with Gasteiger partial charge >= 0.3 is 5.97 Å². The zero-order chi connectivity index (χ0) is 15.6. The lowest BCUT2D eigenvalue weighted by molar-refractivity contribution is 0.0600. The van der Waals surface area contributed by atoms with Gasteiger partial charge in [-0.15, -0.1) is 0 Å². The minimum atomic E-state index is -0.493. The molecule has 1 aromatic carbocycles. The molecular formula is C14H10BrClFNO3. The van der Waals surface area contributed by atoms with E-state index in [1.807, 2.05) is 0 Å². The molecule has 0 spiro atoms. The quantitative estimate of drug-likeness (QED) is 0.585. The number of ether oxygens (including phenoxy) is 2. The minimum Gasteiger partial charge on any atom is -0.465 e. The molecule has 0 bridgehead atoms. The Labute approximate surface area is 134 Å². The van der Waals surface area contributed by atoms with Crippen molar-refractivity contribution < 1.29 is 18.7 Å². The van der Waals surface area contributed by atoms with Gasteiger partial charge in [0.15, 0.2) is 5.75 Å². The topological polar surface area (TPSA) is 48.4 Å². The number of rotatable bonds is 3. The van der Waals surface area contributed by atoms with Crippen LogP contribution in [0.3, 0.4) is 0 Å². The van der Waals surface area contributed by atoms with Crippen molar-refractivity contribution >= 4 is 33.5 Å². The zero-order valence-corrected chi connectivity index (χ0v) is 13.5. The van der Waals surface area contributed by atoms with Crippen LogP contribution in [0.4, 0.5) is 4.39 Å². The number of halogens is 3. The van der Waals surface area contributed by atoms with Crippen molar-refractivity contribution in [3.05, 3.63) is 50.8 Å². The van der Waals surface area contributed by atoms with Gasteiger partial charge in [0.25, 0.3) is 0 Å². The Morgan fingerprint density at radius 3 is 2.71 bits per heavy atom. The summed E-state index contributed by atoms with van der Waals surface area (Å²) in [7, 11) is 1.28. The summed E-state index contributed by atoms with van der Waals surface area (Å²) in [4.78, 5) is 15.3. The molecule has 0 fully saturated rings. The maximum absolute atomic E-state index is 13.5. The van der Waals surface area contributed by atoms with Crippen LogP contribution >= 0.6 is 27.5 Å². The molecule has 0 saturated carbocycles. The Bertz CT molecular complexity index is 692. The van der Waals surface area contributed by atoms with E-state index in [0.717, 1.165) is 6.07 Å². The van der Waals surface area contributed by atoms with Gasteiger partial charge in [0, 0.05) is 17.8 Å². The first-order chi connectivity index (χ1) is 9.93. The molecule has 7 heteroatoms. The lowest BCUT2D eigenvalue weighted by atomic mass is 10.2. The normalized spacial score (nSPS) is 10.3. The number of esters is 1. The molecule has 2 rings (SSSR count). The van der Waals surface area contributed by atoms with Gasteiger partial charge in [-0.2, -0.15) is 0 Å². The van der Waals surface area contributed by atoms with Gasteiger partial charge in [0.05, 0.1) is 22.2 Å². The minimum absolute atomic E-state index is 0.132. The third-order valence-electron chi connectivity index (χ3n) is 2.71. The van der Waals surface area contributed by atoms with E-state index in [9.17, 15) is 9.18 Å². The number of pyridine rings is 1. The average molecular weight is 375 g/mol. The monoisotopic (exact) mass is 373 g/mol. The lowest BCUT2D eigenvalue weighted by Gasteiger charge is -2.12. The fourth-order valence-electron chi connectivity index (χ4n) is 1.61. The smallest absolute Gasteiger partial charge is 0.339 e. The largest absolute Gasteiger partial charge is 0.465 e. The molecule has 0 unspecified atom stereocenters. The molecule has 4 nitrogen and oxygen atoms in total. The second-order valence-corrected chi connectivity index (χ2v) is 5.29. The summed E-state index contributed by atoms with van der Waals surface area (Å²) in [6, 6.07) is 4.16. The van der Waals surface area contributed by atoms with Crippen LogP contribution in [0.25, 0.3) is 0 Å². The Morgan fingerprint density at radius 1 is 1.43 bits per heavy atom. The van der Waals surface area contributed by atoms with E-state index < -0.39 is 11.8 Å². The van der Waals surface area contributed by atoms with Gasteiger partial charge < -0.3 is 9.47 Å². The van der Waals surface area contributed by atoms with E-state index in [2.05, 4.69) is 25.7 Å². The van der Waals surface area contributed by atoms with Gasteiger partial charge in [0.1, 0.15) is 5.82 Å². The molecule has 1 heterocycles. The molecule has 0 aliphatic heterocycles. The molecular weight excluding hydrogens is 365 g/mol. The summed E-state index contributed by atoms with van der Waals surface area (Å²) >= 11 is 9.10. The van der Waals surface area contributed by atoms with Gasteiger partial charge in [0.2, 0.25) is 5.88 Å². The lowest BCUT2D eigenvalue weighted by Crippen LogP contribution is -2.02. The number of carbonyl (C=O) groups excluding carboxylic acids is 1. The van der Waals surface area contributed by atoms with Crippen LogP contribution in [-0.2, 0) is 4.74 Å². The third-order valence-corrected chi connectivity index (χ3v) is 3.97. The van der Waals surface area contributed by atoms with Gasteiger partial charge in [-0.1, -0.05) is 11.6 Å². The van der Waals surface area contributed by atoms with Crippen LogP contribution in [0.5, 0.6) is 11.6 Å². The van der Waals surface area contributed by atoms with Crippen LogP contribution in [0.2, 0.25) is 5.02 Å². The maximum Gasteiger partial charge on any atom is 0.339 e. The second kappa shape index (κ2) is 6.41. The summed E-state index contributed by atoms with van der Waals surface area (Å²) in [5.41, 5.74) is 0.812. The fraction of sp³-hybridized carbons (Fsp3) is 0.143. The van der Waals surface area contributed by atoms with Crippen molar-refractivity contribution in [1.29, 1.82) is 0 Å². The van der Waals surface area contributed by atoms with Crippen molar-refractivity contribution in [1.82, 2.24) is 4.98 Å². The van der Waals surface area contributed by atoms with E-state index in [-0.39, 0.29) is 15.4 Å². The number of methoxy groups -OCH3 is 1. The van der Waals surface area contributed by atoms with E-state index in [1.54, 1.807) is 6.92 Å². The SMILES string of the molecule is COC(=O)c1ccc(Oc2c(Cl)cc(F)c(Br)c2C)nc1. The predicted molar refractivity (Wildman–Crippen MR) is 79.5 cm³/mol. The average Bonchev–Trinajstić information content (AvgIpc) is 2.49. The Balaban J connectivity index is 2.31. The molecule has 0 atom stereocenters. The molecule has 110 valence electrons. The Hall–Kier alpha value is -1.66. The first-order valence-electron chi connectivity index (χ1n) is 5.80. The molecule has 1 aromatic heterocycles. The van der Waals surface area contributed by atoms with Gasteiger partial charge in [-0.25, -0.2) is 14.2 Å². The highest BCUT2D eigenvalue weighted by atomic mass is 79.9. The molecule has 2 aromatic rings. The van der Waals surface area contributed by atoms with Crippen molar-refractivity contribution in [3.63, 3.8) is 0 Å². The van der Waals surface area contributed by atoms with Crippen molar-refractivity contribution in [3.8, 4) is 11.6 Å². The van der Waals surface area contributed by atoms with Gasteiger partial charge in [-0.3, -0.25) is 0 Å². The number of hydrogen-bond donors (Lipinski definition) is 0. The first kappa shape index (κ1) is 15.7. The molecule has 0 N–H and O–H groups in total. The number of benzene rings is 1. The number of carbonyl (C=O) groups is 1. The highest BCUT2D eigenvalue weighted by molar-refractivity contribution is 9.10. The molecule has 0 radical (unpaired) electrons. The van der Waals surface area contributed by atoms with Crippen LogP contribution in [0, 0.1) is 12.7 Å². The van der Waals surface area contributed by atoms with E-state index in [0.29, 0.717) is 16.9 Å². The number of aromatic nitrogens is 1. The summed E-state index contributed by atoms with van der Waals surface area (Å²) in [5, 5.41) is 0.132. The third kappa shape index (κ3) is 3.33. The second-order valence-electron chi connectivity index (χ2n) is 4.09. The highest BCUT2D eigenvalue weighted by Crippen LogP contribution is 2.37. The van der Waals surface area contributed by atoms with Gasteiger partial charge in [-0.05, 0) is 35.0 Å². The standard InChI is InChI=1S/C14H10BrClFNO3/c1-7-12(15)10(17)5-9(16)13(7)21-11-4-3-8(6-18-11)14(19)20-2/h3-6H,1-2H3. The van der Waals surface area contributed by atoms with Crippen molar-refractivity contribution in [2.24, 2.45) is 0 Å². The number of hydrogen-bond acceptors (Lipinski definition) is 4. The van der Waals surface area contributed by atoms with Crippen molar-refractivity contribution in [2.75, 3.05) is 7.11 Å². The molecule has 0 amide bonds. The molecule has 0 aliphatic carbocycles. The summed E-state index contributed by atoms with van der Waals surface area (Å²) < 4.78 is 23.9. The van der Waals surface area contributed by atoms with Crippen LogP contribution in [-0.4, -0.2) is 18.1 Å². The molecule has 21 heavy (non-hydrogen) atoms. The zero-order valence-electron chi connectivity index (χ0n) is 11.1. The summed E-state index contributed by atoms with van der Waals surface area (Å²) in [6.07, 6.45) is 1.32. The van der Waals surface area contributed by atoms with Crippen LogP contribution in [0.15, 0.2) is 28.9 Å². The number of nitrogens with zero attached hydrogens (tertiary/aromatic N) is 1. The van der Waals surface area contributed by atoms with E-state index in [1.165, 1.54) is 25.4 Å².